The largest absolute Gasteiger partial charge is 0.496 e. The van der Waals surface area contributed by atoms with Crippen LogP contribution in [0.15, 0.2) is 17.2 Å². The van der Waals surface area contributed by atoms with Crippen molar-refractivity contribution in [3.05, 3.63) is 33.7 Å². The van der Waals surface area contributed by atoms with Crippen molar-refractivity contribution in [3.63, 3.8) is 0 Å². The molecule has 15 heavy (non-hydrogen) atoms. The van der Waals surface area contributed by atoms with Crippen molar-refractivity contribution in [2.75, 3.05) is 7.11 Å². The fourth-order valence-electron chi connectivity index (χ4n) is 1.60. The summed E-state index contributed by atoms with van der Waals surface area (Å²) < 4.78 is 5.15. The highest BCUT2D eigenvalue weighted by Gasteiger charge is 2.09. The van der Waals surface area contributed by atoms with Crippen LogP contribution in [-0.4, -0.2) is 7.11 Å². The molecule has 0 aliphatic rings. The molecule has 4 nitrogen and oxygen atoms in total. The van der Waals surface area contributed by atoms with Gasteiger partial charge in [0.25, 0.3) is 0 Å². The van der Waals surface area contributed by atoms with Gasteiger partial charge in [0.2, 0.25) is 0 Å². The van der Waals surface area contributed by atoms with Crippen molar-refractivity contribution in [1.29, 1.82) is 0 Å². The van der Waals surface area contributed by atoms with Crippen molar-refractivity contribution < 1.29 is 4.74 Å². The lowest BCUT2D eigenvalue weighted by Crippen LogP contribution is -1.93. The minimum atomic E-state index is 0.406. The molecule has 0 aliphatic heterocycles. The maximum absolute atomic E-state index is 8.44. The molecule has 0 aromatic heterocycles. The molecule has 0 spiro atoms. The molecule has 0 atom stereocenters. The zero-order valence-corrected chi connectivity index (χ0v) is 9.48. The second kappa shape index (κ2) is 4.71. The number of rotatable bonds is 3. The van der Waals surface area contributed by atoms with Crippen LogP contribution in [0, 0.1) is 6.92 Å². The monoisotopic (exact) mass is 205 g/mol. The van der Waals surface area contributed by atoms with Crippen LogP contribution in [0.25, 0.3) is 10.4 Å². The van der Waals surface area contributed by atoms with E-state index in [0.29, 0.717) is 17.4 Å². The van der Waals surface area contributed by atoms with Crippen LogP contribution in [0.5, 0.6) is 5.75 Å². The smallest absolute Gasteiger partial charge is 0.128 e. The highest BCUT2D eigenvalue weighted by molar-refractivity contribution is 5.56. The van der Waals surface area contributed by atoms with E-state index in [0.717, 1.165) is 5.56 Å². The minimum Gasteiger partial charge on any atom is -0.496 e. The van der Waals surface area contributed by atoms with Gasteiger partial charge in [0.05, 0.1) is 12.8 Å². The molecule has 0 N–H and O–H groups in total. The molecular weight excluding hydrogens is 190 g/mol. The Morgan fingerprint density at radius 1 is 1.40 bits per heavy atom. The number of benzene rings is 1. The summed E-state index contributed by atoms with van der Waals surface area (Å²) in [4.78, 5) is 2.79. The summed E-state index contributed by atoms with van der Waals surface area (Å²) in [6, 6.07) is 3.79. The quantitative estimate of drug-likeness (QED) is 0.417. The average Bonchev–Trinajstić information content (AvgIpc) is 2.20. The molecular formula is C11H15N3O. The van der Waals surface area contributed by atoms with Gasteiger partial charge in [-0.05, 0) is 41.6 Å². The summed E-state index contributed by atoms with van der Waals surface area (Å²) in [5, 5.41) is 3.62. The Bertz CT molecular complexity index is 407. The van der Waals surface area contributed by atoms with Crippen molar-refractivity contribution >= 4 is 5.69 Å². The SMILES string of the molecule is COc1cc(C)c(C(C)C)cc1N=[N+]=[N-]. The predicted octanol–water partition coefficient (Wildman–Crippen LogP) is 4.07. The maximum Gasteiger partial charge on any atom is 0.128 e. The zero-order chi connectivity index (χ0) is 11.4. The predicted molar refractivity (Wildman–Crippen MR) is 60.6 cm³/mol. The minimum absolute atomic E-state index is 0.406. The normalized spacial score (nSPS) is 9.93. The third-order valence-corrected chi connectivity index (χ3v) is 2.34. The molecule has 1 aromatic rings. The maximum atomic E-state index is 8.44. The lowest BCUT2D eigenvalue weighted by atomic mass is 9.97. The van der Waals surface area contributed by atoms with Gasteiger partial charge in [-0.1, -0.05) is 19.0 Å². The standard InChI is InChI=1S/C11H15N3O/c1-7(2)9-6-10(13-14-12)11(15-4)5-8(9)3/h5-7H,1-4H3. The van der Waals surface area contributed by atoms with Crippen LogP contribution in [-0.2, 0) is 0 Å². The van der Waals surface area contributed by atoms with E-state index in [1.54, 1.807) is 7.11 Å². The van der Waals surface area contributed by atoms with Crippen LogP contribution in [0.2, 0.25) is 0 Å². The molecule has 0 fully saturated rings. The van der Waals surface area contributed by atoms with Crippen LogP contribution in [0.1, 0.15) is 30.9 Å². The zero-order valence-electron chi connectivity index (χ0n) is 9.48. The second-order valence-corrected chi connectivity index (χ2v) is 3.72. The Morgan fingerprint density at radius 3 is 2.53 bits per heavy atom. The van der Waals surface area contributed by atoms with Gasteiger partial charge in [0.1, 0.15) is 5.75 Å². The number of hydrogen-bond acceptors (Lipinski definition) is 2. The third-order valence-electron chi connectivity index (χ3n) is 2.34. The first-order chi connectivity index (χ1) is 7.10. The molecule has 0 aliphatic carbocycles. The number of methoxy groups -OCH3 is 1. The lowest BCUT2D eigenvalue weighted by Gasteiger charge is -2.13. The van der Waals surface area contributed by atoms with Crippen molar-refractivity contribution in [2.24, 2.45) is 5.11 Å². The van der Waals surface area contributed by atoms with E-state index in [1.807, 2.05) is 19.1 Å². The lowest BCUT2D eigenvalue weighted by molar-refractivity contribution is 0.415. The molecule has 0 saturated heterocycles. The summed E-state index contributed by atoms with van der Waals surface area (Å²) in [5.74, 6) is 1.03. The van der Waals surface area contributed by atoms with Gasteiger partial charge in [-0.3, -0.25) is 0 Å². The number of aryl methyl sites for hydroxylation is 1. The Kier molecular flexibility index (Phi) is 3.58. The molecule has 4 heteroatoms. The molecule has 0 bridgehead atoms. The average molecular weight is 205 g/mol. The van der Waals surface area contributed by atoms with Crippen molar-refractivity contribution in [2.45, 2.75) is 26.7 Å². The molecule has 1 aromatic carbocycles. The summed E-state index contributed by atoms with van der Waals surface area (Å²) in [6.07, 6.45) is 0. The Balaban J connectivity index is 3.36. The molecule has 0 heterocycles. The van der Waals surface area contributed by atoms with E-state index in [1.165, 1.54) is 5.56 Å². The summed E-state index contributed by atoms with van der Waals surface area (Å²) in [5.41, 5.74) is 11.3. The van der Waals surface area contributed by atoms with E-state index >= 15 is 0 Å². The van der Waals surface area contributed by atoms with Gasteiger partial charge >= 0.3 is 0 Å². The molecule has 0 unspecified atom stereocenters. The van der Waals surface area contributed by atoms with Gasteiger partial charge in [0.15, 0.2) is 0 Å². The van der Waals surface area contributed by atoms with Gasteiger partial charge < -0.3 is 4.74 Å². The first-order valence-electron chi connectivity index (χ1n) is 4.83. The van der Waals surface area contributed by atoms with E-state index in [9.17, 15) is 0 Å². The Morgan fingerprint density at radius 2 is 2.07 bits per heavy atom. The highest BCUT2D eigenvalue weighted by Crippen LogP contribution is 2.33. The third kappa shape index (κ3) is 2.42. The number of hydrogen-bond donors (Lipinski definition) is 0. The number of azide groups is 1. The Labute approximate surface area is 89.5 Å². The fourth-order valence-corrected chi connectivity index (χ4v) is 1.60. The number of nitrogens with zero attached hydrogens (tertiary/aromatic N) is 3. The van der Waals surface area contributed by atoms with E-state index in [-0.39, 0.29) is 0 Å². The summed E-state index contributed by atoms with van der Waals surface area (Å²) >= 11 is 0. The first-order valence-corrected chi connectivity index (χ1v) is 4.83. The van der Waals surface area contributed by atoms with Crippen LogP contribution in [0.3, 0.4) is 0 Å². The summed E-state index contributed by atoms with van der Waals surface area (Å²) in [7, 11) is 1.57. The fraction of sp³-hybridized carbons (Fsp3) is 0.455. The molecule has 0 amide bonds. The van der Waals surface area contributed by atoms with Gasteiger partial charge in [-0.15, -0.1) is 0 Å². The Hall–Kier alpha value is -1.67. The van der Waals surface area contributed by atoms with E-state index < -0.39 is 0 Å². The van der Waals surface area contributed by atoms with E-state index in [2.05, 4.69) is 23.9 Å². The van der Waals surface area contributed by atoms with Crippen LogP contribution in [0.4, 0.5) is 5.69 Å². The van der Waals surface area contributed by atoms with Gasteiger partial charge in [-0.2, -0.15) is 0 Å². The van der Waals surface area contributed by atoms with Gasteiger partial charge in [-0.25, -0.2) is 0 Å². The van der Waals surface area contributed by atoms with Crippen molar-refractivity contribution in [3.8, 4) is 5.75 Å². The molecule has 0 saturated carbocycles. The topological polar surface area (TPSA) is 58.0 Å². The number of ether oxygens (including phenoxy) is 1. The molecule has 0 radical (unpaired) electrons. The first kappa shape index (κ1) is 11.4. The summed E-state index contributed by atoms with van der Waals surface area (Å²) in [6.45, 7) is 6.24. The van der Waals surface area contributed by atoms with Crippen LogP contribution < -0.4 is 4.74 Å². The highest BCUT2D eigenvalue weighted by atomic mass is 16.5. The van der Waals surface area contributed by atoms with Crippen LogP contribution >= 0.6 is 0 Å². The van der Waals surface area contributed by atoms with Crippen molar-refractivity contribution in [1.82, 2.24) is 0 Å². The second-order valence-electron chi connectivity index (χ2n) is 3.72. The molecule has 1 rings (SSSR count). The van der Waals surface area contributed by atoms with E-state index in [4.69, 9.17) is 10.3 Å². The molecule has 80 valence electrons. The van der Waals surface area contributed by atoms with Gasteiger partial charge in [0, 0.05) is 4.91 Å².